The first kappa shape index (κ1) is 12.4. The third-order valence-electron chi connectivity index (χ3n) is 2.99. The molecule has 2 aromatic heterocycles. The van der Waals surface area contributed by atoms with Crippen molar-refractivity contribution >= 4 is 11.6 Å². The second-order valence-corrected chi connectivity index (χ2v) is 4.39. The van der Waals surface area contributed by atoms with E-state index in [0.29, 0.717) is 11.3 Å². The van der Waals surface area contributed by atoms with Crippen LogP contribution in [0.1, 0.15) is 5.69 Å². The van der Waals surface area contributed by atoms with E-state index in [4.69, 9.17) is 0 Å². The van der Waals surface area contributed by atoms with Crippen LogP contribution in [0.2, 0.25) is 0 Å². The zero-order valence-corrected chi connectivity index (χ0v) is 10.8. The molecular formula is C14H12FN3O2. The number of hydrogen-bond donors (Lipinski definition) is 1. The molecular weight excluding hydrogens is 261 g/mol. The number of hydrogen-bond acceptors (Lipinski definition) is 3. The van der Waals surface area contributed by atoms with Gasteiger partial charge >= 0.3 is 5.97 Å². The molecule has 0 bridgehead atoms. The van der Waals surface area contributed by atoms with Crippen molar-refractivity contribution in [1.29, 1.82) is 0 Å². The summed E-state index contributed by atoms with van der Waals surface area (Å²) in [6, 6.07) is 8.10. The van der Waals surface area contributed by atoms with Crippen LogP contribution >= 0.6 is 0 Å². The van der Waals surface area contributed by atoms with Gasteiger partial charge in [-0.3, -0.25) is 9.89 Å². The van der Waals surface area contributed by atoms with Crippen LogP contribution in [0.5, 0.6) is 0 Å². The number of nitrogens with one attached hydrogen (secondary N) is 1. The lowest BCUT2D eigenvalue weighted by Crippen LogP contribution is -2.04. The third-order valence-corrected chi connectivity index (χ3v) is 2.99. The number of methoxy groups -OCH3 is 1. The number of aromatic amines is 1. The van der Waals surface area contributed by atoms with Crippen molar-refractivity contribution in [3.05, 3.63) is 48.0 Å². The van der Waals surface area contributed by atoms with E-state index >= 15 is 0 Å². The number of carbonyl (C=O) groups excluding carboxylic acids is 1. The summed E-state index contributed by atoms with van der Waals surface area (Å²) in [6.07, 6.45) is 1.84. The quantitative estimate of drug-likeness (QED) is 0.744. The monoisotopic (exact) mass is 273 g/mol. The molecule has 0 fully saturated rings. The normalized spacial score (nSPS) is 10.9. The lowest BCUT2D eigenvalue weighted by molar-refractivity contribution is -0.139. The maximum absolute atomic E-state index is 13.2. The van der Waals surface area contributed by atoms with Gasteiger partial charge in [-0.05, 0) is 12.1 Å². The summed E-state index contributed by atoms with van der Waals surface area (Å²) in [5.74, 6) is -0.628. The molecule has 0 spiro atoms. The molecule has 0 saturated carbocycles. The number of rotatable bonds is 3. The predicted molar refractivity (Wildman–Crippen MR) is 70.7 cm³/mol. The van der Waals surface area contributed by atoms with Crippen LogP contribution in [0.25, 0.3) is 16.9 Å². The van der Waals surface area contributed by atoms with Gasteiger partial charge in [-0.25, -0.2) is 13.9 Å². The molecule has 102 valence electrons. The second kappa shape index (κ2) is 4.80. The highest BCUT2D eigenvalue weighted by Crippen LogP contribution is 2.20. The van der Waals surface area contributed by atoms with Crippen molar-refractivity contribution in [2.75, 3.05) is 7.11 Å². The van der Waals surface area contributed by atoms with Gasteiger partial charge in [-0.15, -0.1) is 0 Å². The first-order valence-electron chi connectivity index (χ1n) is 6.05. The van der Waals surface area contributed by atoms with Crippen molar-refractivity contribution in [3.63, 3.8) is 0 Å². The molecule has 0 aliphatic heterocycles. The Bertz CT molecular complexity index is 744. The van der Waals surface area contributed by atoms with Gasteiger partial charge in [0, 0.05) is 11.6 Å². The number of imidazole rings is 1. The van der Waals surface area contributed by atoms with E-state index in [2.05, 4.69) is 14.8 Å². The number of carbonyl (C=O) groups is 1. The fourth-order valence-corrected chi connectivity index (χ4v) is 2.04. The van der Waals surface area contributed by atoms with Crippen LogP contribution in [0.15, 0.2) is 36.5 Å². The summed E-state index contributed by atoms with van der Waals surface area (Å²) in [4.78, 5) is 15.5. The summed E-state index contributed by atoms with van der Waals surface area (Å²) in [7, 11) is 1.34. The number of halogens is 1. The molecule has 0 radical (unpaired) electrons. The average Bonchev–Trinajstić information content (AvgIpc) is 2.96. The Labute approximate surface area is 114 Å². The highest BCUT2D eigenvalue weighted by molar-refractivity contribution is 5.72. The highest BCUT2D eigenvalue weighted by atomic mass is 19.1. The van der Waals surface area contributed by atoms with Crippen LogP contribution in [0, 0.1) is 5.82 Å². The number of fused-ring (bicyclic) bond motifs is 1. The summed E-state index contributed by atoms with van der Waals surface area (Å²) >= 11 is 0. The van der Waals surface area contributed by atoms with E-state index in [1.54, 1.807) is 22.8 Å². The largest absolute Gasteiger partial charge is 0.469 e. The molecule has 0 saturated heterocycles. The Morgan fingerprint density at radius 3 is 3.00 bits per heavy atom. The topological polar surface area (TPSA) is 59.4 Å². The van der Waals surface area contributed by atoms with E-state index in [9.17, 15) is 9.18 Å². The number of benzene rings is 1. The zero-order valence-electron chi connectivity index (χ0n) is 10.8. The minimum atomic E-state index is -0.337. The molecule has 0 unspecified atom stereocenters. The number of esters is 1. The number of ether oxygens (including phenoxy) is 1. The van der Waals surface area contributed by atoms with Crippen molar-refractivity contribution in [1.82, 2.24) is 14.6 Å². The van der Waals surface area contributed by atoms with Gasteiger partial charge in [0.2, 0.25) is 0 Å². The van der Waals surface area contributed by atoms with Crippen LogP contribution in [0.3, 0.4) is 0 Å². The van der Waals surface area contributed by atoms with Gasteiger partial charge < -0.3 is 4.74 Å². The van der Waals surface area contributed by atoms with Gasteiger partial charge in [0.15, 0.2) is 5.65 Å². The minimum Gasteiger partial charge on any atom is -0.469 e. The predicted octanol–water partition coefficient (Wildman–Crippen LogP) is 2.18. The molecule has 3 rings (SSSR count). The van der Waals surface area contributed by atoms with E-state index in [1.165, 1.54) is 19.2 Å². The molecule has 5 nitrogen and oxygen atoms in total. The third kappa shape index (κ3) is 2.27. The summed E-state index contributed by atoms with van der Waals surface area (Å²) in [5, 5.41) is 3.09. The Morgan fingerprint density at radius 2 is 2.30 bits per heavy atom. The summed E-state index contributed by atoms with van der Waals surface area (Å²) in [5.41, 5.74) is 2.79. The highest BCUT2D eigenvalue weighted by Gasteiger charge is 2.10. The van der Waals surface area contributed by atoms with Crippen LogP contribution < -0.4 is 0 Å². The molecule has 2 heterocycles. The van der Waals surface area contributed by atoms with Gasteiger partial charge in [0.05, 0.1) is 31.1 Å². The van der Waals surface area contributed by atoms with Gasteiger partial charge in [-0.2, -0.15) is 0 Å². The molecule has 1 aromatic carbocycles. The van der Waals surface area contributed by atoms with Crippen LogP contribution in [0.4, 0.5) is 4.39 Å². The van der Waals surface area contributed by atoms with E-state index in [1.807, 2.05) is 6.07 Å². The molecule has 0 atom stereocenters. The lowest BCUT2D eigenvalue weighted by Gasteiger charge is -1.97. The summed E-state index contributed by atoms with van der Waals surface area (Å²) < 4.78 is 19.5. The molecule has 3 aromatic rings. The Morgan fingerprint density at radius 1 is 1.45 bits per heavy atom. The van der Waals surface area contributed by atoms with Gasteiger partial charge in [-0.1, -0.05) is 12.1 Å². The number of aromatic nitrogens is 3. The Hall–Kier alpha value is -2.63. The number of nitrogens with zero attached hydrogens (tertiary/aromatic N) is 2. The van der Waals surface area contributed by atoms with Crippen LogP contribution in [-0.4, -0.2) is 27.7 Å². The SMILES string of the molecule is COC(=O)Cc1cn2[nH]c(-c3cccc(F)c3)cc2n1. The first-order chi connectivity index (χ1) is 9.65. The maximum atomic E-state index is 13.2. The van der Waals surface area contributed by atoms with Gasteiger partial charge in [0.25, 0.3) is 0 Å². The number of H-pyrrole nitrogens is 1. The van der Waals surface area contributed by atoms with Crippen molar-refractivity contribution < 1.29 is 13.9 Å². The Balaban J connectivity index is 1.93. The standard InChI is InChI=1S/C14H12FN3O2/c1-20-14(19)6-11-8-18-13(16-11)7-12(17-18)9-3-2-4-10(15)5-9/h2-5,7-8,17H,6H2,1H3. The summed E-state index contributed by atoms with van der Waals surface area (Å²) in [6.45, 7) is 0. The maximum Gasteiger partial charge on any atom is 0.311 e. The second-order valence-electron chi connectivity index (χ2n) is 4.39. The molecule has 6 heteroatoms. The zero-order chi connectivity index (χ0) is 14.1. The fourth-order valence-electron chi connectivity index (χ4n) is 2.04. The molecule has 0 aliphatic rings. The van der Waals surface area contributed by atoms with E-state index < -0.39 is 0 Å². The average molecular weight is 273 g/mol. The molecule has 20 heavy (non-hydrogen) atoms. The molecule has 0 amide bonds. The fraction of sp³-hybridized carbons (Fsp3) is 0.143. The minimum absolute atomic E-state index is 0.126. The van der Waals surface area contributed by atoms with Crippen molar-refractivity contribution in [2.24, 2.45) is 0 Å². The smallest absolute Gasteiger partial charge is 0.311 e. The molecule has 1 N–H and O–H groups in total. The van der Waals surface area contributed by atoms with E-state index in [-0.39, 0.29) is 18.2 Å². The first-order valence-corrected chi connectivity index (χ1v) is 6.05. The van der Waals surface area contributed by atoms with E-state index in [0.717, 1.165) is 11.3 Å². The van der Waals surface area contributed by atoms with Crippen molar-refractivity contribution in [3.8, 4) is 11.3 Å². The van der Waals surface area contributed by atoms with Crippen LogP contribution in [-0.2, 0) is 16.0 Å². The Kier molecular flexibility index (Phi) is 2.98. The lowest BCUT2D eigenvalue weighted by atomic mass is 10.1. The molecule has 0 aliphatic carbocycles. The van der Waals surface area contributed by atoms with Gasteiger partial charge in [0.1, 0.15) is 5.82 Å². The van der Waals surface area contributed by atoms with Crippen molar-refractivity contribution in [2.45, 2.75) is 6.42 Å².